The Morgan fingerprint density at radius 1 is 0.714 bits per heavy atom. The molecule has 0 heterocycles. The summed E-state index contributed by atoms with van der Waals surface area (Å²) in [6.45, 7) is 0. The highest BCUT2D eigenvalue weighted by Gasteiger charge is 2.22. The van der Waals surface area contributed by atoms with Crippen LogP contribution in [0.1, 0.15) is 16.4 Å². The molecule has 0 saturated heterocycles. The monoisotopic (exact) mass is 590 g/mol. The second-order valence-corrected chi connectivity index (χ2v) is 10.1. The molecule has 2 N–H and O–H groups in total. The van der Waals surface area contributed by atoms with Gasteiger partial charge in [-0.1, -0.05) is 60.7 Å². The third-order valence-electron chi connectivity index (χ3n) is 5.05. The van der Waals surface area contributed by atoms with Crippen LogP contribution in [0, 0.1) is 3.57 Å². The van der Waals surface area contributed by atoms with Crippen molar-refractivity contribution in [3.05, 3.63) is 130 Å². The molecule has 4 rings (SSSR count). The minimum Gasteiger partial charge on any atom is -0.325 e. The molecule has 2 amide bonds. The van der Waals surface area contributed by atoms with Crippen LogP contribution in [0.2, 0.25) is 0 Å². The number of carbonyl (C=O) groups is 2. The first kappa shape index (κ1) is 24.8. The van der Waals surface area contributed by atoms with Crippen molar-refractivity contribution in [1.29, 1.82) is 0 Å². The second kappa shape index (κ2) is 12.4. The molecule has 0 aliphatic rings. The summed E-state index contributed by atoms with van der Waals surface area (Å²) in [5.41, 5.74) is 3.34. The molecule has 0 aliphatic heterocycles. The van der Waals surface area contributed by atoms with Gasteiger partial charge in [0.15, 0.2) is 0 Å². The maximum Gasteiger partial charge on any atom is 0.248 e. The van der Waals surface area contributed by atoms with Crippen LogP contribution >= 0.6 is 34.4 Å². The van der Waals surface area contributed by atoms with E-state index in [-0.39, 0.29) is 11.8 Å². The van der Waals surface area contributed by atoms with Crippen LogP contribution in [0.3, 0.4) is 0 Å². The summed E-state index contributed by atoms with van der Waals surface area (Å²) in [6.07, 6.45) is 3.29. The summed E-state index contributed by atoms with van der Waals surface area (Å²) in [5.74, 6) is -0.292. The van der Waals surface area contributed by atoms with Crippen LogP contribution in [0.25, 0.3) is 6.08 Å². The highest BCUT2D eigenvalue weighted by Crippen LogP contribution is 2.36. The highest BCUT2D eigenvalue weighted by molar-refractivity contribution is 14.1. The van der Waals surface area contributed by atoms with E-state index in [1.54, 1.807) is 6.08 Å². The van der Waals surface area contributed by atoms with Gasteiger partial charge in [0, 0.05) is 25.9 Å². The molecule has 4 nitrogen and oxygen atoms in total. The molecule has 1 atom stereocenters. The van der Waals surface area contributed by atoms with E-state index in [2.05, 4.69) is 33.2 Å². The number of halogens is 1. The van der Waals surface area contributed by atoms with Crippen LogP contribution in [0.5, 0.6) is 0 Å². The van der Waals surface area contributed by atoms with Gasteiger partial charge in [-0.15, -0.1) is 11.8 Å². The minimum atomic E-state index is -0.426. The predicted octanol–water partition coefficient (Wildman–Crippen LogP) is 7.42. The zero-order valence-corrected chi connectivity index (χ0v) is 21.7. The molecule has 4 aromatic carbocycles. The van der Waals surface area contributed by atoms with Crippen LogP contribution in [-0.4, -0.2) is 11.8 Å². The van der Waals surface area contributed by atoms with Crippen molar-refractivity contribution in [1.82, 2.24) is 0 Å². The van der Waals surface area contributed by atoms with Crippen LogP contribution in [-0.2, 0) is 9.59 Å². The van der Waals surface area contributed by atoms with Crippen LogP contribution in [0.15, 0.2) is 120 Å². The van der Waals surface area contributed by atoms with Crippen molar-refractivity contribution in [2.45, 2.75) is 10.1 Å². The smallest absolute Gasteiger partial charge is 0.248 e. The Balaban J connectivity index is 1.43. The van der Waals surface area contributed by atoms with E-state index >= 15 is 0 Å². The quantitative estimate of drug-likeness (QED) is 0.128. The lowest BCUT2D eigenvalue weighted by Crippen LogP contribution is -2.19. The van der Waals surface area contributed by atoms with Crippen LogP contribution < -0.4 is 10.6 Å². The first-order valence-electron chi connectivity index (χ1n) is 11.0. The highest BCUT2D eigenvalue weighted by atomic mass is 127. The Kier molecular flexibility index (Phi) is 8.75. The Morgan fingerprint density at radius 3 is 1.94 bits per heavy atom. The zero-order valence-electron chi connectivity index (χ0n) is 18.7. The topological polar surface area (TPSA) is 58.2 Å². The minimum absolute atomic E-state index is 0.0918. The molecule has 174 valence electrons. The van der Waals surface area contributed by atoms with E-state index in [0.717, 1.165) is 25.3 Å². The lowest BCUT2D eigenvalue weighted by Gasteiger charge is -2.17. The SMILES string of the molecule is O=C(/C=C/c1ccccc1)Nc1ccc(SC(C(=O)Nc2ccc(I)cc2)c2ccccc2)cc1. The molecule has 4 aromatic rings. The number of amides is 2. The van der Waals surface area contributed by atoms with Crippen molar-refractivity contribution in [3.8, 4) is 0 Å². The van der Waals surface area contributed by atoms with Crippen molar-refractivity contribution in [2.24, 2.45) is 0 Å². The third kappa shape index (κ3) is 7.56. The fourth-order valence-electron chi connectivity index (χ4n) is 3.31. The van der Waals surface area contributed by atoms with Crippen molar-refractivity contribution >= 4 is 63.6 Å². The average molecular weight is 590 g/mol. The molecule has 0 bridgehead atoms. The van der Waals surface area contributed by atoms with Gasteiger partial charge in [-0.25, -0.2) is 0 Å². The van der Waals surface area contributed by atoms with Gasteiger partial charge < -0.3 is 10.6 Å². The molecule has 0 aromatic heterocycles. The molecule has 0 spiro atoms. The average Bonchev–Trinajstić information content (AvgIpc) is 2.89. The van der Waals surface area contributed by atoms with Gasteiger partial charge in [-0.05, 0) is 88.3 Å². The second-order valence-electron chi connectivity index (χ2n) is 7.66. The molecule has 1 unspecified atom stereocenters. The van der Waals surface area contributed by atoms with E-state index in [4.69, 9.17) is 0 Å². The molecule has 35 heavy (non-hydrogen) atoms. The number of hydrogen-bond acceptors (Lipinski definition) is 3. The molecule has 0 radical (unpaired) electrons. The van der Waals surface area contributed by atoms with E-state index in [0.29, 0.717) is 5.69 Å². The largest absolute Gasteiger partial charge is 0.325 e. The van der Waals surface area contributed by atoms with Gasteiger partial charge in [-0.3, -0.25) is 9.59 Å². The first-order chi connectivity index (χ1) is 17.1. The Bertz CT molecular complexity index is 1290. The number of nitrogens with one attached hydrogen (secondary N) is 2. The molecule has 0 aliphatic carbocycles. The van der Waals surface area contributed by atoms with Gasteiger partial charge in [0.25, 0.3) is 0 Å². The summed E-state index contributed by atoms with van der Waals surface area (Å²) in [4.78, 5) is 26.4. The van der Waals surface area contributed by atoms with E-state index < -0.39 is 5.25 Å². The van der Waals surface area contributed by atoms with E-state index in [9.17, 15) is 9.59 Å². The standard InChI is InChI=1S/C29H23IN2O2S/c30-23-12-14-25(15-13-23)32-29(34)28(22-9-5-2-6-10-22)35-26-18-16-24(17-19-26)31-27(33)20-11-21-7-3-1-4-8-21/h1-20,28H,(H,31,33)(H,32,34)/b20-11+. The lowest BCUT2D eigenvalue weighted by molar-refractivity contribution is -0.116. The molecule has 6 heteroatoms. The van der Waals surface area contributed by atoms with Crippen molar-refractivity contribution in [2.75, 3.05) is 10.6 Å². The summed E-state index contributed by atoms with van der Waals surface area (Å²) < 4.78 is 1.11. The summed E-state index contributed by atoms with van der Waals surface area (Å²) in [6, 6.07) is 34.6. The first-order valence-corrected chi connectivity index (χ1v) is 12.9. The summed E-state index contributed by atoms with van der Waals surface area (Å²) >= 11 is 3.71. The van der Waals surface area contributed by atoms with E-state index in [1.807, 2.05) is 109 Å². The molecule has 0 saturated carbocycles. The number of benzene rings is 4. The zero-order chi connectivity index (χ0) is 24.5. The van der Waals surface area contributed by atoms with Crippen molar-refractivity contribution < 1.29 is 9.59 Å². The van der Waals surface area contributed by atoms with Gasteiger partial charge in [0.1, 0.15) is 5.25 Å². The van der Waals surface area contributed by atoms with Crippen LogP contribution in [0.4, 0.5) is 11.4 Å². The molecule has 0 fully saturated rings. The maximum atomic E-state index is 13.2. The Morgan fingerprint density at radius 2 is 1.29 bits per heavy atom. The maximum absolute atomic E-state index is 13.2. The number of thioether (sulfide) groups is 1. The fourth-order valence-corrected chi connectivity index (χ4v) is 4.70. The number of anilines is 2. The number of carbonyl (C=O) groups excluding carboxylic acids is 2. The summed E-state index contributed by atoms with van der Waals surface area (Å²) in [5, 5.41) is 5.47. The van der Waals surface area contributed by atoms with Gasteiger partial charge in [0.05, 0.1) is 0 Å². The normalized spacial score (nSPS) is 11.7. The number of rotatable bonds is 8. The van der Waals surface area contributed by atoms with Gasteiger partial charge >= 0.3 is 0 Å². The predicted molar refractivity (Wildman–Crippen MR) is 153 cm³/mol. The molecular weight excluding hydrogens is 567 g/mol. The Labute approximate surface area is 223 Å². The van der Waals surface area contributed by atoms with Crippen molar-refractivity contribution in [3.63, 3.8) is 0 Å². The number of hydrogen-bond donors (Lipinski definition) is 2. The summed E-state index contributed by atoms with van der Waals surface area (Å²) in [7, 11) is 0. The van der Waals surface area contributed by atoms with E-state index in [1.165, 1.54) is 17.8 Å². The third-order valence-corrected chi connectivity index (χ3v) is 7.04. The van der Waals surface area contributed by atoms with Gasteiger partial charge in [-0.2, -0.15) is 0 Å². The fraction of sp³-hybridized carbons (Fsp3) is 0.0345. The Hall–Kier alpha value is -3.36. The molecular formula is C29H23IN2O2S. The van der Waals surface area contributed by atoms with Gasteiger partial charge in [0.2, 0.25) is 11.8 Å². The lowest BCUT2D eigenvalue weighted by atomic mass is 10.1.